The predicted molar refractivity (Wildman–Crippen MR) is 98.3 cm³/mol. The zero-order chi connectivity index (χ0) is 18.0. The Bertz CT molecular complexity index is 740. The van der Waals surface area contributed by atoms with E-state index in [4.69, 9.17) is 5.73 Å². The van der Waals surface area contributed by atoms with Crippen molar-refractivity contribution >= 4 is 22.7 Å². The second-order valence-corrected chi connectivity index (χ2v) is 7.02. The van der Waals surface area contributed by atoms with Gasteiger partial charge in [-0.15, -0.1) is 0 Å². The fourth-order valence-corrected chi connectivity index (χ4v) is 3.46. The number of nitrogens with two attached hydrogens (primary N) is 1. The van der Waals surface area contributed by atoms with E-state index in [2.05, 4.69) is 4.98 Å². The first-order chi connectivity index (χ1) is 11.9. The van der Waals surface area contributed by atoms with Crippen LogP contribution in [0.2, 0.25) is 0 Å². The van der Waals surface area contributed by atoms with Gasteiger partial charge in [-0.1, -0.05) is 31.5 Å². The average molecular weight is 342 g/mol. The van der Waals surface area contributed by atoms with E-state index >= 15 is 0 Å². The van der Waals surface area contributed by atoms with E-state index in [0.29, 0.717) is 38.3 Å². The van der Waals surface area contributed by atoms with Crippen LogP contribution in [0.15, 0.2) is 30.3 Å². The van der Waals surface area contributed by atoms with E-state index in [-0.39, 0.29) is 11.8 Å². The van der Waals surface area contributed by atoms with Crippen molar-refractivity contribution in [3.8, 4) is 0 Å². The summed E-state index contributed by atoms with van der Waals surface area (Å²) in [6.07, 6.45) is 1.54. The minimum absolute atomic E-state index is 0.0210. The molecule has 1 aliphatic heterocycles. The van der Waals surface area contributed by atoms with Crippen molar-refractivity contribution in [1.29, 1.82) is 0 Å². The first-order valence-corrected chi connectivity index (χ1v) is 8.87. The molecular weight excluding hydrogens is 316 g/mol. The van der Waals surface area contributed by atoms with Crippen molar-refractivity contribution < 1.29 is 9.59 Å². The molecule has 3 N–H and O–H groups in total. The number of aromatic amines is 1. The third-order valence-corrected chi connectivity index (χ3v) is 4.87. The molecule has 0 bridgehead atoms. The molecule has 1 fully saturated rings. The van der Waals surface area contributed by atoms with Gasteiger partial charge in [0.25, 0.3) is 5.91 Å². The first-order valence-electron chi connectivity index (χ1n) is 8.87. The van der Waals surface area contributed by atoms with Gasteiger partial charge in [-0.3, -0.25) is 9.59 Å². The van der Waals surface area contributed by atoms with Gasteiger partial charge in [0.05, 0.1) is 5.54 Å². The highest BCUT2D eigenvalue weighted by atomic mass is 16.2. The normalized spacial score (nSPS) is 17.6. The molecule has 1 atom stereocenters. The molecule has 25 heavy (non-hydrogen) atoms. The maximum atomic E-state index is 12.7. The molecule has 0 saturated carbocycles. The zero-order valence-electron chi connectivity index (χ0n) is 14.9. The van der Waals surface area contributed by atoms with Gasteiger partial charge in [0.1, 0.15) is 5.69 Å². The largest absolute Gasteiger partial charge is 0.351 e. The molecule has 1 aliphatic rings. The summed E-state index contributed by atoms with van der Waals surface area (Å²) in [5.74, 6) is -0.0422. The highest BCUT2D eigenvalue weighted by Gasteiger charge is 2.34. The molecular formula is C19H26N4O2. The number of nitrogens with one attached hydrogen (secondary N) is 1. The van der Waals surface area contributed by atoms with E-state index in [0.717, 1.165) is 17.3 Å². The van der Waals surface area contributed by atoms with E-state index in [9.17, 15) is 9.59 Å². The van der Waals surface area contributed by atoms with Gasteiger partial charge in [-0.2, -0.15) is 0 Å². The number of rotatable bonds is 4. The smallest absolute Gasteiger partial charge is 0.270 e. The molecule has 1 aromatic heterocycles. The Morgan fingerprint density at radius 2 is 1.80 bits per heavy atom. The van der Waals surface area contributed by atoms with Gasteiger partial charge < -0.3 is 20.5 Å². The summed E-state index contributed by atoms with van der Waals surface area (Å²) in [5.41, 5.74) is 6.88. The predicted octanol–water partition coefficient (Wildman–Crippen LogP) is 1.97. The molecule has 134 valence electrons. The fraction of sp³-hybridized carbons (Fsp3) is 0.474. The van der Waals surface area contributed by atoms with E-state index in [1.807, 2.05) is 37.3 Å². The topological polar surface area (TPSA) is 82.4 Å². The summed E-state index contributed by atoms with van der Waals surface area (Å²) >= 11 is 0. The molecule has 0 spiro atoms. The minimum Gasteiger partial charge on any atom is -0.351 e. The SMILES string of the molecule is CCCC(C)(N)C(=O)N1CCN(C(=O)c2cc3ccccc3[nH]2)CC1. The lowest BCUT2D eigenvalue weighted by Gasteiger charge is -2.38. The summed E-state index contributed by atoms with van der Waals surface area (Å²) in [6.45, 7) is 5.93. The number of H-pyrrole nitrogens is 1. The second kappa shape index (κ2) is 6.88. The number of benzene rings is 1. The average Bonchev–Trinajstić information content (AvgIpc) is 3.04. The third kappa shape index (κ3) is 3.54. The van der Waals surface area contributed by atoms with Crippen LogP contribution in [0.25, 0.3) is 10.9 Å². The molecule has 1 aromatic carbocycles. The van der Waals surface area contributed by atoms with E-state index < -0.39 is 5.54 Å². The van der Waals surface area contributed by atoms with Gasteiger partial charge >= 0.3 is 0 Å². The number of para-hydroxylation sites is 1. The summed E-state index contributed by atoms with van der Waals surface area (Å²) in [5, 5.41) is 1.03. The summed E-state index contributed by atoms with van der Waals surface area (Å²) in [6, 6.07) is 9.72. The van der Waals surface area contributed by atoms with Crippen molar-refractivity contribution in [2.24, 2.45) is 5.73 Å². The number of hydrogen-bond donors (Lipinski definition) is 2. The third-order valence-electron chi connectivity index (χ3n) is 4.87. The highest BCUT2D eigenvalue weighted by molar-refractivity contribution is 5.98. The lowest BCUT2D eigenvalue weighted by atomic mass is 9.95. The van der Waals surface area contributed by atoms with Crippen LogP contribution < -0.4 is 5.73 Å². The van der Waals surface area contributed by atoms with Gasteiger partial charge in [-0.25, -0.2) is 0 Å². The van der Waals surface area contributed by atoms with Gasteiger partial charge in [-0.05, 0) is 25.5 Å². The lowest BCUT2D eigenvalue weighted by molar-refractivity contribution is -0.138. The fourth-order valence-electron chi connectivity index (χ4n) is 3.46. The first kappa shape index (κ1) is 17.5. The van der Waals surface area contributed by atoms with Crippen LogP contribution in [0.3, 0.4) is 0 Å². The Morgan fingerprint density at radius 1 is 1.16 bits per heavy atom. The number of fused-ring (bicyclic) bond motifs is 1. The van der Waals surface area contributed by atoms with Gasteiger partial charge in [0, 0.05) is 37.1 Å². The molecule has 6 nitrogen and oxygen atoms in total. The Hall–Kier alpha value is -2.34. The molecule has 1 saturated heterocycles. The Kier molecular flexibility index (Phi) is 4.81. The molecule has 6 heteroatoms. The summed E-state index contributed by atoms with van der Waals surface area (Å²) in [7, 11) is 0. The second-order valence-electron chi connectivity index (χ2n) is 7.02. The van der Waals surface area contributed by atoms with Crippen LogP contribution in [0.5, 0.6) is 0 Å². The van der Waals surface area contributed by atoms with Crippen LogP contribution in [0.4, 0.5) is 0 Å². The number of aromatic nitrogens is 1. The summed E-state index contributed by atoms with van der Waals surface area (Å²) < 4.78 is 0. The Balaban J connectivity index is 1.63. The van der Waals surface area contributed by atoms with Crippen LogP contribution in [-0.2, 0) is 4.79 Å². The Morgan fingerprint density at radius 3 is 2.44 bits per heavy atom. The number of hydrogen-bond acceptors (Lipinski definition) is 3. The Labute approximate surface area is 148 Å². The quantitative estimate of drug-likeness (QED) is 0.891. The van der Waals surface area contributed by atoms with Crippen LogP contribution in [0.1, 0.15) is 37.2 Å². The molecule has 0 aliphatic carbocycles. The maximum absolute atomic E-state index is 12.7. The molecule has 2 amide bonds. The number of amides is 2. The molecule has 2 aromatic rings. The van der Waals surface area contributed by atoms with Crippen molar-refractivity contribution in [3.63, 3.8) is 0 Å². The summed E-state index contributed by atoms with van der Waals surface area (Å²) in [4.78, 5) is 32.0. The molecule has 3 rings (SSSR count). The van der Waals surface area contributed by atoms with Crippen molar-refractivity contribution in [2.75, 3.05) is 26.2 Å². The minimum atomic E-state index is -0.821. The maximum Gasteiger partial charge on any atom is 0.270 e. The monoisotopic (exact) mass is 342 g/mol. The zero-order valence-corrected chi connectivity index (χ0v) is 14.9. The highest BCUT2D eigenvalue weighted by Crippen LogP contribution is 2.18. The van der Waals surface area contributed by atoms with Crippen molar-refractivity contribution in [3.05, 3.63) is 36.0 Å². The number of piperazine rings is 1. The van der Waals surface area contributed by atoms with E-state index in [1.165, 1.54) is 0 Å². The van der Waals surface area contributed by atoms with Crippen LogP contribution in [-0.4, -0.2) is 58.3 Å². The van der Waals surface area contributed by atoms with E-state index in [1.54, 1.807) is 16.7 Å². The van der Waals surface area contributed by atoms with Crippen LogP contribution in [0, 0.1) is 0 Å². The molecule has 2 heterocycles. The standard InChI is InChI=1S/C19H26N4O2/c1-3-8-19(2,20)18(25)23-11-9-22(10-12-23)17(24)16-13-14-6-4-5-7-15(14)21-16/h4-7,13,21H,3,8-12,20H2,1-2H3. The van der Waals surface area contributed by atoms with Crippen molar-refractivity contribution in [2.45, 2.75) is 32.2 Å². The number of carbonyl (C=O) groups is 2. The lowest BCUT2D eigenvalue weighted by Crippen LogP contribution is -2.58. The van der Waals surface area contributed by atoms with Crippen molar-refractivity contribution in [1.82, 2.24) is 14.8 Å². The molecule has 0 radical (unpaired) electrons. The van der Waals surface area contributed by atoms with Gasteiger partial charge in [0.15, 0.2) is 0 Å². The van der Waals surface area contributed by atoms with Gasteiger partial charge in [0.2, 0.25) is 5.91 Å². The number of carbonyl (C=O) groups excluding carboxylic acids is 2. The number of nitrogens with zero attached hydrogens (tertiary/aromatic N) is 2. The van der Waals surface area contributed by atoms with Crippen LogP contribution >= 0.6 is 0 Å². The molecule has 1 unspecified atom stereocenters.